The number of carbonyl (C=O) groups is 1. The number of hydrogen-bond acceptors (Lipinski definition) is 3. The first-order chi connectivity index (χ1) is 12.5. The Bertz CT molecular complexity index is 788. The maximum absolute atomic E-state index is 13.7. The first-order valence-electron chi connectivity index (χ1n) is 8.21. The van der Waals surface area contributed by atoms with Crippen LogP contribution < -0.4 is 0 Å². The van der Waals surface area contributed by atoms with Crippen molar-refractivity contribution in [1.29, 1.82) is 0 Å². The Hall–Kier alpha value is -1.99. The zero-order valence-corrected chi connectivity index (χ0v) is 14.8. The van der Waals surface area contributed by atoms with E-state index >= 15 is 0 Å². The van der Waals surface area contributed by atoms with Crippen molar-refractivity contribution in [2.45, 2.75) is 24.3 Å². The van der Waals surface area contributed by atoms with E-state index < -0.39 is 17.5 Å². The molecule has 2 aromatic rings. The number of nitrogens with zero attached hydrogens (tertiary/aromatic N) is 1. The molecule has 7 heteroatoms. The molecule has 2 unspecified atom stereocenters. The summed E-state index contributed by atoms with van der Waals surface area (Å²) >= 11 is 4.45. The predicted octanol–water partition coefficient (Wildman–Crippen LogP) is 3.83. The molecule has 1 amide bonds. The van der Waals surface area contributed by atoms with Crippen LogP contribution >= 0.6 is 12.6 Å². The second kappa shape index (κ2) is 8.14. The number of halogens is 3. The van der Waals surface area contributed by atoms with E-state index in [1.54, 1.807) is 29.2 Å². The summed E-state index contributed by atoms with van der Waals surface area (Å²) in [7, 11) is 0. The van der Waals surface area contributed by atoms with Crippen LogP contribution in [0, 0.1) is 17.5 Å². The van der Waals surface area contributed by atoms with Crippen molar-refractivity contribution in [2.75, 3.05) is 13.2 Å². The first-order valence-corrected chi connectivity index (χ1v) is 8.72. The third-order valence-corrected chi connectivity index (χ3v) is 4.71. The largest absolute Gasteiger partial charge is 0.375 e. The Labute approximate surface area is 155 Å². The predicted molar refractivity (Wildman–Crippen MR) is 94.6 cm³/mol. The highest BCUT2D eigenvalue weighted by Crippen LogP contribution is 2.25. The van der Waals surface area contributed by atoms with E-state index in [1.807, 2.05) is 6.07 Å². The van der Waals surface area contributed by atoms with Crippen LogP contribution in [0.3, 0.4) is 0 Å². The van der Waals surface area contributed by atoms with Crippen LogP contribution in [0.2, 0.25) is 0 Å². The molecule has 0 aromatic heterocycles. The lowest BCUT2D eigenvalue weighted by atomic mass is 10.1. The SMILES string of the molecule is O=C(c1ccccc1)N1CC(S)CC1COCc1cc(F)c(F)cc1F. The van der Waals surface area contributed by atoms with Crippen molar-refractivity contribution >= 4 is 18.5 Å². The molecule has 1 aliphatic heterocycles. The molecule has 1 saturated heterocycles. The molecule has 3 nitrogen and oxygen atoms in total. The van der Waals surface area contributed by atoms with Crippen LogP contribution in [0.1, 0.15) is 22.3 Å². The van der Waals surface area contributed by atoms with E-state index in [-0.39, 0.29) is 36.0 Å². The number of rotatable bonds is 5. The molecule has 26 heavy (non-hydrogen) atoms. The summed E-state index contributed by atoms with van der Waals surface area (Å²) in [4.78, 5) is 14.3. The van der Waals surface area contributed by atoms with E-state index in [4.69, 9.17) is 4.74 Å². The molecule has 0 saturated carbocycles. The Kier molecular flexibility index (Phi) is 5.88. The lowest BCUT2D eigenvalue weighted by Gasteiger charge is -2.24. The summed E-state index contributed by atoms with van der Waals surface area (Å²) < 4.78 is 45.3. The minimum Gasteiger partial charge on any atom is -0.375 e. The maximum Gasteiger partial charge on any atom is 0.254 e. The molecular weight excluding hydrogens is 363 g/mol. The lowest BCUT2D eigenvalue weighted by molar-refractivity contribution is 0.0490. The van der Waals surface area contributed by atoms with Gasteiger partial charge in [-0.05, 0) is 24.6 Å². The van der Waals surface area contributed by atoms with Gasteiger partial charge in [-0.25, -0.2) is 13.2 Å². The number of likely N-dealkylation sites (tertiary alicyclic amines) is 1. The molecule has 0 aliphatic carbocycles. The van der Waals surface area contributed by atoms with Gasteiger partial charge in [0.2, 0.25) is 0 Å². The summed E-state index contributed by atoms with van der Waals surface area (Å²) in [5, 5.41) is 0.0243. The zero-order valence-electron chi connectivity index (χ0n) is 13.9. The van der Waals surface area contributed by atoms with E-state index in [0.717, 1.165) is 6.07 Å². The van der Waals surface area contributed by atoms with Crippen LogP contribution in [0.5, 0.6) is 0 Å². The van der Waals surface area contributed by atoms with Crippen LogP contribution in [0.15, 0.2) is 42.5 Å². The molecule has 1 aliphatic rings. The van der Waals surface area contributed by atoms with Gasteiger partial charge in [0.15, 0.2) is 11.6 Å². The molecule has 0 bridgehead atoms. The molecule has 2 atom stereocenters. The smallest absolute Gasteiger partial charge is 0.254 e. The van der Waals surface area contributed by atoms with Crippen molar-refractivity contribution in [2.24, 2.45) is 0 Å². The number of ether oxygens (including phenoxy) is 1. The zero-order chi connectivity index (χ0) is 18.7. The number of carbonyl (C=O) groups excluding carboxylic acids is 1. The second-order valence-electron chi connectivity index (χ2n) is 6.24. The standard InChI is InChI=1S/C19H18F3NO2S/c20-16-8-18(22)17(21)6-13(16)10-25-11-14-7-15(26)9-23(14)19(24)12-4-2-1-3-5-12/h1-6,8,14-15,26H,7,9-11H2. The van der Waals surface area contributed by atoms with Gasteiger partial charge in [0.05, 0.1) is 19.3 Å². The van der Waals surface area contributed by atoms with Gasteiger partial charge in [0.25, 0.3) is 5.91 Å². The Morgan fingerprint density at radius 2 is 1.81 bits per heavy atom. The first kappa shape index (κ1) is 18.8. The molecule has 0 N–H and O–H groups in total. The molecular formula is C19H18F3NO2S. The highest BCUT2D eigenvalue weighted by atomic mass is 32.1. The molecule has 1 fully saturated rings. The van der Waals surface area contributed by atoms with Gasteiger partial charge in [-0.3, -0.25) is 4.79 Å². The quantitative estimate of drug-likeness (QED) is 0.630. The van der Waals surface area contributed by atoms with Crippen molar-refractivity contribution in [3.63, 3.8) is 0 Å². The van der Waals surface area contributed by atoms with Crippen LogP contribution in [0.25, 0.3) is 0 Å². The Morgan fingerprint density at radius 3 is 2.54 bits per heavy atom. The summed E-state index contributed by atoms with van der Waals surface area (Å²) in [6.07, 6.45) is 0.641. The fourth-order valence-electron chi connectivity index (χ4n) is 3.02. The van der Waals surface area contributed by atoms with Gasteiger partial charge in [0.1, 0.15) is 5.82 Å². The van der Waals surface area contributed by atoms with Crippen LogP contribution in [-0.4, -0.2) is 35.3 Å². The van der Waals surface area contributed by atoms with Gasteiger partial charge in [0, 0.05) is 29.0 Å². The summed E-state index contributed by atoms with van der Waals surface area (Å²) in [5.41, 5.74) is 0.511. The normalized spacial score (nSPS) is 19.8. The van der Waals surface area contributed by atoms with E-state index in [2.05, 4.69) is 12.6 Å². The van der Waals surface area contributed by atoms with Crippen LogP contribution in [-0.2, 0) is 11.3 Å². The van der Waals surface area contributed by atoms with Crippen molar-refractivity contribution in [3.8, 4) is 0 Å². The third kappa shape index (κ3) is 4.22. The average Bonchev–Trinajstić information content (AvgIpc) is 3.00. The average molecular weight is 381 g/mol. The van der Waals surface area contributed by atoms with E-state index in [9.17, 15) is 18.0 Å². The fraction of sp³-hybridized carbons (Fsp3) is 0.316. The maximum atomic E-state index is 13.7. The monoisotopic (exact) mass is 381 g/mol. The summed E-state index contributed by atoms with van der Waals surface area (Å²) in [6.45, 7) is 0.447. The minimum atomic E-state index is -1.24. The molecule has 0 radical (unpaired) electrons. The van der Waals surface area contributed by atoms with E-state index in [0.29, 0.717) is 24.6 Å². The number of thiol groups is 1. The topological polar surface area (TPSA) is 29.5 Å². The Balaban J connectivity index is 1.63. The highest BCUT2D eigenvalue weighted by molar-refractivity contribution is 7.81. The van der Waals surface area contributed by atoms with E-state index in [1.165, 1.54) is 0 Å². The molecule has 2 aromatic carbocycles. The van der Waals surface area contributed by atoms with Crippen molar-refractivity contribution in [3.05, 3.63) is 71.0 Å². The van der Waals surface area contributed by atoms with Crippen molar-refractivity contribution in [1.82, 2.24) is 4.90 Å². The summed E-state index contributed by atoms with van der Waals surface area (Å²) in [5.74, 6) is -3.34. The van der Waals surface area contributed by atoms with Gasteiger partial charge >= 0.3 is 0 Å². The van der Waals surface area contributed by atoms with Crippen LogP contribution in [0.4, 0.5) is 13.2 Å². The lowest BCUT2D eigenvalue weighted by Crippen LogP contribution is -2.38. The molecule has 1 heterocycles. The summed E-state index contributed by atoms with van der Waals surface area (Å²) in [6, 6.07) is 9.97. The molecule has 0 spiro atoms. The Morgan fingerprint density at radius 1 is 1.12 bits per heavy atom. The number of hydrogen-bond donors (Lipinski definition) is 1. The number of benzene rings is 2. The molecule has 138 valence electrons. The van der Waals surface area contributed by atoms with Gasteiger partial charge in [-0.2, -0.15) is 12.6 Å². The van der Waals surface area contributed by atoms with Crippen molar-refractivity contribution < 1.29 is 22.7 Å². The fourth-order valence-corrected chi connectivity index (χ4v) is 3.44. The highest BCUT2D eigenvalue weighted by Gasteiger charge is 2.34. The molecule has 3 rings (SSSR count). The third-order valence-electron chi connectivity index (χ3n) is 4.33. The minimum absolute atomic E-state index is 0.0243. The van der Waals surface area contributed by atoms with Gasteiger partial charge < -0.3 is 9.64 Å². The van der Waals surface area contributed by atoms with Gasteiger partial charge in [-0.1, -0.05) is 18.2 Å². The number of amides is 1. The van der Waals surface area contributed by atoms with Gasteiger partial charge in [-0.15, -0.1) is 0 Å². The second-order valence-corrected chi connectivity index (χ2v) is 6.97.